The first-order valence-electron chi connectivity index (χ1n) is 7.36. The summed E-state index contributed by atoms with van der Waals surface area (Å²) >= 11 is 5.97. The van der Waals surface area contributed by atoms with Crippen LogP contribution < -0.4 is 5.32 Å². The fourth-order valence-electron chi connectivity index (χ4n) is 3.49. The van der Waals surface area contributed by atoms with Crippen LogP contribution in [0.1, 0.15) is 30.1 Å². The fraction of sp³-hybridized carbons (Fsp3) is 0.312. The maximum absolute atomic E-state index is 12.7. The van der Waals surface area contributed by atoms with Crippen LogP contribution in [0, 0.1) is 0 Å². The van der Waals surface area contributed by atoms with Gasteiger partial charge in [0.25, 0.3) is 0 Å². The highest BCUT2D eigenvalue weighted by molar-refractivity contribution is 6.30. The van der Waals surface area contributed by atoms with Crippen LogP contribution in [0.3, 0.4) is 0 Å². The molecule has 4 rings (SSSR count). The first-order valence-corrected chi connectivity index (χ1v) is 7.74. The molecule has 5 nitrogen and oxygen atoms in total. The molecule has 1 N–H and O–H groups in total. The van der Waals surface area contributed by atoms with Gasteiger partial charge in [-0.15, -0.1) is 0 Å². The quantitative estimate of drug-likeness (QED) is 0.877. The topological polar surface area (TPSA) is 58.1 Å². The van der Waals surface area contributed by atoms with E-state index in [-0.39, 0.29) is 18.1 Å². The molecule has 1 fully saturated rings. The minimum absolute atomic E-state index is 0.0779. The Labute approximate surface area is 133 Å². The molecule has 2 aliphatic rings. The standard InChI is InChI=1S/C16H15ClN4O/c17-10-2-1-3-11(6-10)20-16(22)21-12-4-5-15(21)13-8-18-9-19-14(13)7-12/h1-3,6,8-9,12,15H,4-5,7H2,(H,20,22). The Morgan fingerprint density at radius 2 is 2.27 bits per heavy atom. The Morgan fingerprint density at radius 1 is 1.36 bits per heavy atom. The molecular weight excluding hydrogens is 300 g/mol. The van der Waals surface area contributed by atoms with Gasteiger partial charge in [0.15, 0.2) is 0 Å². The molecule has 2 amide bonds. The van der Waals surface area contributed by atoms with Crippen molar-refractivity contribution in [2.75, 3.05) is 5.32 Å². The zero-order chi connectivity index (χ0) is 15.1. The molecular formula is C16H15ClN4O. The van der Waals surface area contributed by atoms with Crippen LogP contribution in [-0.4, -0.2) is 26.9 Å². The number of nitrogens with one attached hydrogen (secondary N) is 1. The molecule has 0 spiro atoms. The van der Waals surface area contributed by atoms with E-state index < -0.39 is 0 Å². The van der Waals surface area contributed by atoms with Crippen molar-refractivity contribution in [1.29, 1.82) is 0 Å². The number of carbonyl (C=O) groups is 1. The lowest BCUT2D eigenvalue weighted by molar-refractivity contribution is 0.178. The molecule has 2 unspecified atom stereocenters. The van der Waals surface area contributed by atoms with Crippen LogP contribution >= 0.6 is 11.6 Å². The number of anilines is 1. The number of aromatic nitrogens is 2. The van der Waals surface area contributed by atoms with E-state index in [0.29, 0.717) is 10.7 Å². The highest BCUT2D eigenvalue weighted by Crippen LogP contribution is 2.42. The summed E-state index contributed by atoms with van der Waals surface area (Å²) in [5.41, 5.74) is 2.87. The molecule has 0 saturated carbocycles. The average Bonchev–Trinajstić information content (AvgIpc) is 2.83. The van der Waals surface area contributed by atoms with Gasteiger partial charge in [0, 0.05) is 34.9 Å². The molecule has 2 aliphatic heterocycles. The molecule has 0 radical (unpaired) electrons. The molecule has 2 atom stereocenters. The second kappa shape index (κ2) is 5.25. The summed E-state index contributed by atoms with van der Waals surface area (Å²) in [6.45, 7) is 0. The number of amides is 2. The number of benzene rings is 1. The van der Waals surface area contributed by atoms with Crippen molar-refractivity contribution >= 4 is 23.3 Å². The molecule has 6 heteroatoms. The average molecular weight is 315 g/mol. The highest BCUT2D eigenvalue weighted by Gasteiger charge is 2.43. The second-order valence-corrected chi connectivity index (χ2v) is 6.16. The van der Waals surface area contributed by atoms with E-state index in [1.54, 1.807) is 18.5 Å². The van der Waals surface area contributed by atoms with Gasteiger partial charge in [0.05, 0.1) is 11.7 Å². The van der Waals surface area contributed by atoms with Crippen LogP contribution in [0.15, 0.2) is 36.8 Å². The summed E-state index contributed by atoms with van der Waals surface area (Å²) in [7, 11) is 0. The van der Waals surface area contributed by atoms with Gasteiger partial charge in [0.1, 0.15) is 6.33 Å². The lowest BCUT2D eigenvalue weighted by Crippen LogP contribution is -2.44. The summed E-state index contributed by atoms with van der Waals surface area (Å²) in [4.78, 5) is 23.1. The number of halogens is 1. The third-order valence-electron chi connectivity index (χ3n) is 4.43. The van der Waals surface area contributed by atoms with Crippen LogP contribution in [0.25, 0.3) is 0 Å². The fourth-order valence-corrected chi connectivity index (χ4v) is 3.68. The van der Waals surface area contributed by atoms with E-state index >= 15 is 0 Å². The summed E-state index contributed by atoms with van der Waals surface area (Å²) in [6.07, 6.45) is 6.20. The Balaban J connectivity index is 1.60. The minimum Gasteiger partial charge on any atom is -0.314 e. The van der Waals surface area contributed by atoms with Crippen molar-refractivity contribution in [1.82, 2.24) is 14.9 Å². The third-order valence-corrected chi connectivity index (χ3v) is 4.66. The van der Waals surface area contributed by atoms with E-state index in [1.165, 1.54) is 0 Å². The largest absolute Gasteiger partial charge is 0.322 e. The predicted octanol–water partition coefficient (Wildman–Crippen LogP) is 3.42. The van der Waals surface area contributed by atoms with Gasteiger partial charge in [-0.1, -0.05) is 17.7 Å². The Morgan fingerprint density at radius 3 is 3.14 bits per heavy atom. The lowest BCUT2D eigenvalue weighted by atomic mass is 10.00. The summed E-state index contributed by atoms with van der Waals surface area (Å²) < 4.78 is 0. The number of fused-ring (bicyclic) bond motifs is 4. The van der Waals surface area contributed by atoms with Gasteiger partial charge < -0.3 is 10.2 Å². The molecule has 2 bridgehead atoms. The number of carbonyl (C=O) groups excluding carboxylic acids is 1. The molecule has 2 aromatic rings. The summed E-state index contributed by atoms with van der Waals surface area (Å²) in [5, 5.41) is 3.56. The lowest BCUT2D eigenvalue weighted by Gasteiger charge is -2.35. The normalized spacial score (nSPS) is 22.3. The van der Waals surface area contributed by atoms with E-state index in [0.717, 1.165) is 30.5 Å². The maximum atomic E-state index is 12.7. The predicted molar refractivity (Wildman–Crippen MR) is 83.8 cm³/mol. The van der Waals surface area contributed by atoms with Gasteiger partial charge in [-0.3, -0.25) is 0 Å². The SMILES string of the molecule is O=C(Nc1cccc(Cl)c1)N1C2CCC1c1cncnc1C2. The highest BCUT2D eigenvalue weighted by atomic mass is 35.5. The van der Waals surface area contributed by atoms with Gasteiger partial charge in [-0.2, -0.15) is 0 Å². The second-order valence-electron chi connectivity index (χ2n) is 5.72. The van der Waals surface area contributed by atoms with E-state index in [1.807, 2.05) is 23.2 Å². The molecule has 22 heavy (non-hydrogen) atoms. The smallest absolute Gasteiger partial charge is 0.314 e. The zero-order valence-electron chi connectivity index (χ0n) is 11.9. The van der Waals surface area contributed by atoms with Crippen molar-refractivity contribution < 1.29 is 4.79 Å². The first-order chi connectivity index (χ1) is 10.7. The van der Waals surface area contributed by atoms with Gasteiger partial charge in [0.2, 0.25) is 0 Å². The zero-order valence-corrected chi connectivity index (χ0v) is 12.6. The van der Waals surface area contributed by atoms with Crippen molar-refractivity contribution in [2.24, 2.45) is 0 Å². The monoisotopic (exact) mass is 314 g/mol. The van der Waals surface area contributed by atoms with Crippen molar-refractivity contribution in [3.63, 3.8) is 0 Å². The Hall–Kier alpha value is -2.14. The third kappa shape index (κ3) is 2.22. The minimum atomic E-state index is -0.0794. The molecule has 1 aromatic heterocycles. The van der Waals surface area contributed by atoms with Crippen molar-refractivity contribution in [3.8, 4) is 0 Å². The Bertz CT molecular complexity index is 736. The number of hydrogen-bond acceptors (Lipinski definition) is 3. The van der Waals surface area contributed by atoms with E-state index in [9.17, 15) is 4.79 Å². The molecule has 0 aliphatic carbocycles. The molecule has 1 saturated heterocycles. The Kier molecular flexibility index (Phi) is 3.22. The summed E-state index contributed by atoms with van der Waals surface area (Å²) in [5.74, 6) is 0. The van der Waals surface area contributed by atoms with Crippen LogP contribution in [0.4, 0.5) is 10.5 Å². The molecule has 3 heterocycles. The van der Waals surface area contributed by atoms with Crippen molar-refractivity contribution in [3.05, 3.63) is 53.1 Å². The van der Waals surface area contributed by atoms with E-state index in [4.69, 9.17) is 11.6 Å². The summed E-state index contributed by atoms with van der Waals surface area (Å²) in [6, 6.07) is 7.42. The maximum Gasteiger partial charge on any atom is 0.322 e. The van der Waals surface area contributed by atoms with E-state index in [2.05, 4.69) is 15.3 Å². The van der Waals surface area contributed by atoms with Gasteiger partial charge >= 0.3 is 6.03 Å². The van der Waals surface area contributed by atoms with Gasteiger partial charge in [-0.25, -0.2) is 14.8 Å². The number of hydrogen-bond donors (Lipinski definition) is 1. The van der Waals surface area contributed by atoms with Crippen LogP contribution in [0.5, 0.6) is 0 Å². The van der Waals surface area contributed by atoms with Crippen molar-refractivity contribution in [2.45, 2.75) is 31.3 Å². The molecule has 1 aromatic carbocycles. The molecule has 112 valence electrons. The number of nitrogens with zero attached hydrogens (tertiary/aromatic N) is 3. The van der Waals surface area contributed by atoms with Gasteiger partial charge in [-0.05, 0) is 31.0 Å². The first kappa shape index (κ1) is 13.5. The number of rotatable bonds is 1. The van der Waals surface area contributed by atoms with Crippen LogP contribution in [0.2, 0.25) is 5.02 Å². The number of urea groups is 1. The van der Waals surface area contributed by atoms with Crippen LogP contribution in [-0.2, 0) is 6.42 Å².